The van der Waals surface area contributed by atoms with Gasteiger partial charge in [0.15, 0.2) is 11.5 Å². The van der Waals surface area contributed by atoms with E-state index >= 15 is 0 Å². The number of ether oxygens (including phenoxy) is 2. The molecule has 2 aromatic rings. The Bertz CT molecular complexity index is 1230. The van der Waals surface area contributed by atoms with Crippen molar-refractivity contribution in [2.75, 3.05) is 17.0 Å². The zero-order chi connectivity index (χ0) is 22.2. The lowest BCUT2D eigenvalue weighted by Gasteiger charge is -2.29. The number of carbonyl (C=O) groups excluding carboxylic acids is 4. The summed E-state index contributed by atoms with van der Waals surface area (Å²) in [7, 11) is 0. The number of para-hydroxylation sites is 1. The van der Waals surface area contributed by atoms with E-state index in [1.807, 2.05) is 0 Å². The molecule has 10 heteroatoms. The van der Waals surface area contributed by atoms with Crippen LogP contribution in [0.4, 0.5) is 11.4 Å². The van der Waals surface area contributed by atoms with E-state index in [2.05, 4.69) is 10.6 Å². The van der Waals surface area contributed by atoms with Crippen LogP contribution in [0, 0.1) is 11.8 Å². The van der Waals surface area contributed by atoms with Crippen LogP contribution in [-0.2, 0) is 24.7 Å². The summed E-state index contributed by atoms with van der Waals surface area (Å²) in [5.74, 6) is -3.11. The molecule has 0 saturated carbocycles. The maximum absolute atomic E-state index is 13.7. The van der Waals surface area contributed by atoms with E-state index in [1.54, 1.807) is 42.5 Å². The average Bonchev–Trinajstić information content (AvgIpc) is 3.48. The number of nitrogens with one attached hydrogen (secondary N) is 2. The van der Waals surface area contributed by atoms with E-state index in [1.165, 1.54) is 0 Å². The maximum atomic E-state index is 13.7. The highest BCUT2D eigenvalue weighted by atomic mass is 16.7. The smallest absolute Gasteiger partial charge is 0.250 e. The highest BCUT2D eigenvalue weighted by Crippen LogP contribution is 2.54. The number of hydrogen-bond acceptors (Lipinski definition) is 7. The Morgan fingerprint density at radius 2 is 1.88 bits per heavy atom. The van der Waals surface area contributed by atoms with E-state index in [-0.39, 0.29) is 13.2 Å². The number of benzene rings is 2. The van der Waals surface area contributed by atoms with Crippen LogP contribution < -0.4 is 30.7 Å². The summed E-state index contributed by atoms with van der Waals surface area (Å²) in [6.07, 6.45) is -0.188. The van der Waals surface area contributed by atoms with Crippen molar-refractivity contribution in [2.24, 2.45) is 17.6 Å². The minimum atomic E-state index is -1.47. The number of fused-ring (bicyclic) bond motifs is 5. The second-order valence-electron chi connectivity index (χ2n) is 8.28. The number of hydrogen-bond donors (Lipinski definition) is 3. The molecule has 0 radical (unpaired) electrons. The van der Waals surface area contributed by atoms with E-state index in [0.29, 0.717) is 28.4 Å². The van der Waals surface area contributed by atoms with Gasteiger partial charge in [-0.2, -0.15) is 0 Å². The number of primary amides is 1. The zero-order valence-corrected chi connectivity index (χ0v) is 16.7. The monoisotopic (exact) mass is 434 g/mol. The molecule has 2 aromatic carbocycles. The predicted molar refractivity (Wildman–Crippen MR) is 110 cm³/mol. The van der Waals surface area contributed by atoms with Gasteiger partial charge in [-0.05, 0) is 18.2 Å². The molecule has 0 aliphatic carbocycles. The van der Waals surface area contributed by atoms with E-state index in [4.69, 9.17) is 15.2 Å². The van der Waals surface area contributed by atoms with E-state index in [9.17, 15) is 19.2 Å². The Balaban J connectivity index is 1.49. The van der Waals surface area contributed by atoms with Crippen LogP contribution in [0.5, 0.6) is 11.5 Å². The second-order valence-corrected chi connectivity index (χ2v) is 8.28. The van der Waals surface area contributed by atoms with Gasteiger partial charge in [-0.3, -0.25) is 24.5 Å². The molecule has 10 nitrogen and oxygen atoms in total. The Kier molecular flexibility index (Phi) is 3.70. The molecule has 0 aromatic heterocycles. The SMILES string of the molecule is NC(=O)C[C@@H]1N[C@@]2(C(=O)Nc3ccccc32)[C@H]2C(=O)N(c3ccc4c(c3)OCO4)C(=O)[C@H]12. The average molecular weight is 434 g/mol. The van der Waals surface area contributed by atoms with Crippen LogP contribution in [0.25, 0.3) is 0 Å². The van der Waals surface area contributed by atoms with Crippen LogP contribution in [0.1, 0.15) is 12.0 Å². The molecule has 4 N–H and O–H groups in total. The first-order chi connectivity index (χ1) is 15.4. The van der Waals surface area contributed by atoms with Crippen molar-refractivity contribution < 1.29 is 28.7 Å². The molecule has 4 heterocycles. The quantitative estimate of drug-likeness (QED) is 0.587. The van der Waals surface area contributed by atoms with E-state index in [0.717, 1.165) is 4.90 Å². The fraction of sp³-hybridized carbons (Fsp3) is 0.273. The third kappa shape index (κ3) is 2.27. The lowest BCUT2D eigenvalue weighted by atomic mass is 9.76. The summed E-state index contributed by atoms with van der Waals surface area (Å²) >= 11 is 0. The van der Waals surface area contributed by atoms with Crippen molar-refractivity contribution in [3.05, 3.63) is 48.0 Å². The number of imide groups is 1. The Morgan fingerprint density at radius 3 is 2.69 bits per heavy atom. The number of amides is 4. The Morgan fingerprint density at radius 1 is 1.09 bits per heavy atom. The molecule has 6 rings (SSSR count). The standard InChI is InChI=1S/C22H18N4O6/c23-16(27)8-13-17-18(22(25-13)11-3-1-2-4-12(11)24-21(22)30)20(29)26(19(17)28)10-5-6-14-15(7-10)32-9-31-14/h1-7,13,17-18,25H,8-9H2,(H2,23,27)(H,24,30)/t13-,17+,18+,22+/m0/s1. The van der Waals surface area contributed by atoms with Gasteiger partial charge in [-0.1, -0.05) is 18.2 Å². The van der Waals surface area contributed by atoms with E-state index < -0.39 is 47.0 Å². The van der Waals surface area contributed by atoms with Crippen molar-refractivity contribution in [3.63, 3.8) is 0 Å². The topological polar surface area (TPSA) is 140 Å². The molecule has 4 aliphatic heterocycles. The highest BCUT2D eigenvalue weighted by molar-refractivity contribution is 6.26. The van der Waals surface area contributed by atoms with Gasteiger partial charge in [0.25, 0.3) is 0 Å². The molecule has 162 valence electrons. The molecule has 2 fully saturated rings. The zero-order valence-electron chi connectivity index (χ0n) is 16.7. The van der Waals surface area contributed by atoms with Crippen LogP contribution in [-0.4, -0.2) is 36.5 Å². The number of anilines is 2. The Labute approximate surface area is 181 Å². The molecule has 0 bridgehead atoms. The van der Waals surface area contributed by atoms with Gasteiger partial charge in [0, 0.05) is 29.8 Å². The molecular weight excluding hydrogens is 416 g/mol. The first-order valence-electron chi connectivity index (χ1n) is 10.2. The molecule has 4 aliphatic rings. The molecular formula is C22H18N4O6. The Hall–Kier alpha value is -3.92. The van der Waals surface area contributed by atoms with Crippen molar-refractivity contribution in [2.45, 2.75) is 18.0 Å². The van der Waals surface area contributed by atoms with Gasteiger partial charge in [0.2, 0.25) is 30.4 Å². The van der Waals surface area contributed by atoms with Crippen molar-refractivity contribution in [1.82, 2.24) is 5.32 Å². The molecule has 2 saturated heterocycles. The summed E-state index contributed by atoms with van der Waals surface area (Å²) in [4.78, 5) is 53.4. The largest absolute Gasteiger partial charge is 0.454 e. The first-order valence-corrected chi connectivity index (χ1v) is 10.2. The number of nitrogens with zero attached hydrogens (tertiary/aromatic N) is 1. The fourth-order valence-corrected chi connectivity index (χ4v) is 5.43. The third-order valence-electron chi connectivity index (χ3n) is 6.66. The second kappa shape index (κ2) is 6.30. The molecule has 0 unspecified atom stereocenters. The van der Waals surface area contributed by atoms with Crippen LogP contribution in [0.15, 0.2) is 42.5 Å². The highest BCUT2D eigenvalue weighted by Gasteiger charge is 2.70. The van der Waals surface area contributed by atoms with Gasteiger partial charge in [-0.25, -0.2) is 4.90 Å². The predicted octanol–water partition coefficient (Wildman–Crippen LogP) is 0.216. The minimum absolute atomic E-state index is 0.0522. The van der Waals surface area contributed by atoms with Crippen LogP contribution in [0.3, 0.4) is 0 Å². The summed E-state index contributed by atoms with van der Waals surface area (Å²) in [5.41, 5.74) is 5.41. The van der Waals surface area contributed by atoms with Crippen LogP contribution in [0.2, 0.25) is 0 Å². The minimum Gasteiger partial charge on any atom is -0.454 e. The molecule has 1 spiro atoms. The molecule has 4 amide bonds. The van der Waals surface area contributed by atoms with Gasteiger partial charge >= 0.3 is 0 Å². The number of nitrogens with two attached hydrogens (primary N) is 1. The van der Waals surface area contributed by atoms with Gasteiger partial charge in [-0.15, -0.1) is 0 Å². The van der Waals surface area contributed by atoms with Crippen molar-refractivity contribution in [3.8, 4) is 11.5 Å². The van der Waals surface area contributed by atoms with Crippen molar-refractivity contribution in [1.29, 1.82) is 0 Å². The maximum Gasteiger partial charge on any atom is 0.250 e. The summed E-state index contributed by atoms with van der Waals surface area (Å²) in [6.45, 7) is 0.0522. The lowest BCUT2D eigenvalue weighted by Crippen LogP contribution is -2.53. The van der Waals surface area contributed by atoms with Crippen LogP contribution >= 0.6 is 0 Å². The number of carbonyl (C=O) groups is 4. The lowest BCUT2D eigenvalue weighted by molar-refractivity contribution is -0.130. The molecule has 4 atom stereocenters. The summed E-state index contributed by atoms with van der Waals surface area (Å²) < 4.78 is 10.7. The van der Waals surface area contributed by atoms with Gasteiger partial charge in [0.05, 0.1) is 17.5 Å². The van der Waals surface area contributed by atoms with Crippen molar-refractivity contribution >= 4 is 35.0 Å². The summed E-state index contributed by atoms with van der Waals surface area (Å²) in [5, 5.41) is 5.96. The number of rotatable bonds is 3. The molecule has 32 heavy (non-hydrogen) atoms. The normalized spacial score (nSPS) is 29.4. The van der Waals surface area contributed by atoms with Gasteiger partial charge < -0.3 is 20.5 Å². The fourth-order valence-electron chi connectivity index (χ4n) is 5.43. The van der Waals surface area contributed by atoms with Gasteiger partial charge in [0.1, 0.15) is 5.54 Å². The first kappa shape index (κ1) is 18.8. The summed E-state index contributed by atoms with van der Waals surface area (Å²) in [6, 6.07) is 11.0. The third-order valence-corrected chi connectivity index (χ3v) is 6.66.